The summed E-state index contributed by atoms with van der Waals surface area (Å²) in [6.45, 7) is 0.923. The molecule has 0 spiro atoms. The Bertz CT molecular complexity index is 452. The maximum absolute atomic E-state index is 9.15. The highest BCUT2D eigenvalue weighted by Crippen LogP contribution is 2.43. The van der Waals surface area contributed by atoms with Crippen molar-refractivity contribution in [3.05, 3.63) is 18.2 Å². The molecule has 17 heavy (non-hydrogen) atoms. The summed E-state index contributed by atoms with van der Waals surface area (Å²) in [5.74, 6) is 1.46. The number of hydrogen-bond acceptors (Lipinski definition) is 5. The Morgan fingerprint density at radius 2 is 2.12 bits per heavy atom. The van der Waals surface area contributed by atoms with Crippen LogP contribution in [0.5, 0.6) is 11.5 Å². The van der Waals surface area contributed by atoms with E-state index in [0.717, 1.165) is 16.4 Å². The van der Waals surface area contributed by atoms with Crippen LogP contribution in [0.3, 0.4) is 0 Å². The fraction of sp³-hybridized carbons (Fsp3) is 0.417. The van der Waals surface area contributed by atoms with Crippen LogP contribution in [0.15, 0.2) is 23.1 Å². The van der Waals surface area contributed by atoms with Gasteiger partial charge in [0.15, 0.2) is 4.75 Å². The minimum atomic E-state index is -0.470. The van der Waals surface area contributed by atoms with E-state index >= 15 is 0 Å². The number of rotatable bonds is 4. The molecule has 0 aromatic heterocycles. The molecule has 0 amide bonds. The van der Waals surface area contributed by atoms with Gasteiger partial charge >= 0.3 is 0 Å². The van der Waals surface area contributed by atoms with Crippen LogP contribution < -0.4 is 9.47 Å². The summed E-state index contributed by atoms with van der Waals surface area (Å²) < 4.78 is 15.1. The van der Waals surface area contributed by atoms with E-state index in [-0.39, 0.29) is 0 Å². The molecule has 0 N–H and O–H groups in total. The quantitative estimate of drug-likeness (QED) is 0.820. The van der Waals surface area contributed by atoms with Gasteiger partial charge in [0.25, 0.3) is 0 Å². The lowest BCUT2D eigenvalue weighted by Gasteiger charge is -2.34. The van der Waals surface area contributed by atoms with E-state index in [1.807, 2.05) is 18.2 Å². The molecule has 0 aliphatic carbocycles. The lowest BCUT2D eigenvalue weighted by atomic mass is 10.1. The van der Waals surface area contributed by atoms with Crippen LogP contribution in [0.1, 0.15) is 0 Å². The summed E-state index contributed by atoms with van der Waals surface area (Å²) in [5.41, 5.74) is 0. The normalized spacial score (nSPS) is 16.8. The van der Waals surface area contributed by atoms with Crippen LogP contribution in [-0.2, 0) is 4.74 Å². The van der Waals surface area contributed by atoms with Crippen LogP contribution in [0.25, 0.3) is 0 Å². The number of ether oxygens (including phenoxy) is 3. The second kappa shape index (κ2) is 4.86. The third-order valence-corrected chi connectivity index (χ3v) is 3.83. The molecule has 2 rings (SSSR count). The van der Waals surface area contributed by atoms with Crippen molar-refractivity contribution in [3.8, 4) is 17.6 Å². The zero-order chi connectivity index (χ0) is 12.3. The minimum Gasteiger partial charge on any atom is -0.497 e. The molecule has 0 saturated carbocycles. The van der Waals surface area contributed by atoms with Crippen LogP contribution in [0.2, 0.25) is 0 Å². The van der Waals surface area contributed by atoms with E-state index < -0.39 is 4.75 Å². The zero-order valence-corrected chi connectivity index (χ0v) is 10.5. The summed E-state index contributed by atoms with van der Waals surface area (Å²) in [5, 5.41) is 9.15. The third-order valence-electron chi connectivity index (χ3n) is 2.55. The molecule has 1 aliphatic rings. The predicted molar refractivity (Wildman–Crippen MR) is 64.6 cm³/mol. The number of methoxy groups -OCH3 is 2. The number of thioether (sulfide) groups is 1. The standard InChI is InChI=1S/C12H13NO3S/c1-14-9-3-4-11(10(5-9)15-2)17-12(6-13)7-16-8-12/h3-5H,7-8H2,1-2H3. The smallest absolute Gasteiger partial charge is 0.153 e. The first-order valence-corrected chi connectivity index (χ1v) is 5.95. The number of nitriles is 1. The molecule has 0 radical (unpaired) electrons. The maximum atomic E-state index is 9.15. The summed E-state index contributed by atoms with van der Waals surface area (Å²) in [6, 6.07) is 7.87. The van der Waals surface area contributed by atoms with Gasteiger partial charge in [0, 0.05) is 6.07 Å². The average Bonchev–Trinajstić information content (AvgIpc) is 2.34. The molecule has 4 nitrogen and oxygen atoms in total. The van der Waals surface area contributed by atoms with Gasteiger partial charge in [0.2, 0.25) is 0 Å². The van der Waals surface area contributed by atoms with Gasteiger partial charge in [-0.05, 0) is 12.1 Å². The summed E-state index contributed by atoms with van der Waals surface area (Å²) in [7, 11) is 3.22. The highest BCUT2D eigenvalue weighted by Gasteiger charge is 2.40. The first-order chi connectivity index (χ1) is 8.23. The molecule has 1 fully saturated rings. The first-order valence-electron chi connectivity index (χ1n) is 5.13. The van der Waals surface area contributed by atoms with E-state index in [2.05, 4.69) is 6.07 Å². The number of hydrogen-bond donors (Lipinski definition) is 0. The lowest BCUT2D eigenvalue weighted by molar-refractivity contribution is 0.0161. The summed E-state index contributed by atoms with van der Waals surface area (Å²) >= 11 is 1.48. The van der Waals surface area contributed by atoms with Crippen molar-refractivity contribution in [2.45, 2.75) is 9.64 Å². The summed E-state index contributed by atoms with van der Waals surface area (Å²) in [4.78, 5) is 0.929. The van der Waals surface area contributed by atoms with Crippen molar-refractivity contribution in [1.29, 1.82) is 5.26 Å². The Morgan fingerprint density at radius 3 is 2.59 bits per heavy atom. The molecule has 1 heterocycles. The van der Waals surface area contributed by atoms with Gasteiger partial charge in [-0.3, -0.25) is 0 Å². The molecular weight excluding hydrogens is 238 g/mol. The molecule has 90 valence electrons. The van der Waals surface area contributed by atoms with E-state index in [1.54, 1.807) is 14.2 Å². The SMILES string of the molecule is COc1ccc(SC2(C#N)COC2)c(OC)c1. The monoisotopic (exact) mass is 251 g/mol. The van der Waals surface area contributed by atoms with Gasteiger partial charge in [-0.1, -0.05) is 11.8 Å². The molecule has 0 unspecified atom stereocenters. The predicted octanol–water partition coefficient (Wildman–Crippen LogP) is 2.09. The Kier molecular flexibility index (Phi) is 3.46. The van der Waals surface area contributed by atoms with Crippen molar-refractivity contribution >= 4 is 11.8 Å². The Morgan fingerprint density at radius 1 is 1.35 bits per heavy atom. The number of nitrogens with zero attached hydrogens (tertiary/aromatic N) is 1. The topological polar surface area (TPSA) is 51.5 Å². The van der Waals surface area contributed by atoms with Crippen molar-refractivity contribution in [2.75, 3.05) is 27.4 Å². The maximum Gasteiger partial charge on any atom is 0.153 e. The third kappa shape index (κ3) is 2.33. The lowest BCUT2D eigenvalue weighted by Crippen LogP contribution is -2.45. The van der Waals surface area contributed by atoms with Gasteiger partial charge in [-0.25, -0.2) is 0 Å². The Labute approximate surface area is 104 Å². The summed E-state index contributed by atoms with van der Waals surface area (Å²) in [6.07, 6.45) is 0. The van der Waals surface area contributed by atoms with E-state index in [4.69, 9.17) is 19.5 Å². The average molecular weight is 251 g/mol. The molecule has 1 aliphatic heterocycles. The second-order valence-corrected chi connectivity index (χ2v) is 5.14. The molecule has 0 bridgehead atoms. The molecule has 1 saturated heterocycles. The highest BCUT2D eigenvalue weighted by atomic mass is 32.2. The van der Waals surface area contributed by atoms with Gasteiger partial charge in [0.1, 0.15) is 11.5 Å². The van der Waals surface area contributed by atoms with Crippen LogP contribution >= 0.6 is 11.8 Å². The fourth-order valence-corrected chi connectivity index (χ4v) is 2.63. The second-order valence-electron chi connectivity index (χ2n) is 3.72. The highest BCUT2D eigenvalue weighted by molar-refractivity contribution is 8.01. The molecular formula is C12H13NO3S. The zero-order valence-electron chi connectivity index (χ0n) is 9.73. The molecule has 5 heteroatoms. The van der Waals surface area contributed by atoms with Crippen LogP contribution in [0.4, 0.5) is 0 Å². The van der Waals surface area contributed by atoms with Crippen molar-refractivity contribution in [2.24, 2.45) is 0 Å². The van der Waals surface area contributed by atoms with Gasteiger partial charge in [-0.15, -0.1) is 0 Å². The van der Waals surface area contributed by atoms with Crippen molar-refractivity contribution < 1.29 is 14.2 Å². The Balaban J connectivity index is 2.23. The van der Waals surface area contributed by atoms with E-state index in [9.17, 15) is 0 Å². The van der Waals surface area contributed by atoms with E-state index in [0.29, 0.717) is 13.2 Å². The first kappa shape index (κ1) is 12.1. The Hall–Kier alpha value is -1.38. The largest absolute Gasteiger partial charge is 0.497 e. The van der Waals surface area contributed by atoms with Gasteiger partial charge in [0.05, 0.1) is 38.4 Å². The van der Waals surface area contributed by atoms with Gasteiger partial charge in [-0.2, -0.15) is 5.26 Å². The molecule has 0 atom stereocenters. The number of benzene rings is 1. The van der Waals surface area contributed by atoms with Crippen molar-refractivity contribution in [3.63, 3.8) is 0 Å². The van der Waals surface area contributed by atoms with Gasteiger partial charge < -0.3 is 14.2 Å². The minimum absolute atomic E-state index is 0.462. The van der Waals surface area contributed by atoms with Crippen molar-refractivity contribution in [1.82, 2.24) is 0 Å². The fourth-order valence-electron chi connectivity index (χ4n) is 1.50. The van der Waals surface area contributed by atoms with Crippen LogP contribution in [-0.4, -0.2) is 32.2 Å². The molecule has 1 aromatic carbocycles. The molecule has 1 aromatic rings. The van der Waals surface area contributed by atoms with Crippen LogP contribution in [0, 0.1) is 11.3 Å². The van der Waals surface area contributed by atoms with E-state index in [1.165, 1.54) is 11.8 Å².